The molecule has 162 valence electrons. The lowest BCUT2D eigenvalue weighted by atomic mass is 9.98. The van der Waals surface area contributed by atoms with E-state index in [4.69, 9.17) is 4.74 Å². The standard InChI is InChI=1S/C22H20F3N3O2S/c1-12-11-13(23)7-8-14(12)19-15(9-10-18(29)30-2)21(28-22(27-19)31-3)26-20-16(24)5-4-6-17(20)25/h4-8,11H,9-10H2,1-3H3,(H,26,27,28). The second-order valence-corrected chi connectivity index (χ2v) is 7.42. The quantitative estimate of drug-likeness (QED) is 0.296. The van der Waals surface area contributed by atoms with Crippen molar-refractivity contribution in [1.82, 2.24) is 9.97 Å². The first-order valence-corrected chi connectivity index (χ1v) is 10.6. The zero-order chi connectivity index (χ0) is 22.5. The Hall–Kier alpha value is -3.07. The lowest BCUT2D eigenvalue weighted by Crippen LogP contribution is -2.10. The van der Waals surface area contributed by atoms with E-state index in [2.05, 4.69) is 15.3 Å². The number of ether oxygens (including phenoxy) is 1. The third kappa shape index (κ3) is 5.16. The number of esters is 1. The summed E-state index contributed by atoms with van der Waals surface area (Å²) in [6.45, 7) is 1.73. The first kappa shape index (κ1) is 22.6. The van der Waals surface area contributed by atoms with Gasteiger partial charge in [-0.2, -0.15) is 0 Å². The van der Waals surface area contributed by atoms with E-state index in [0.29, 0.717) is 27.5 Å². The first-order valence-electron chi connectivity index (χ1n) is 9.33. The van der Waals surface area contributed by atoms with Crippen molar-refractivity contribution in [2.75, 3.05) is 18.7 Å². The number of carbonyl (C=O) groups is 1. The number of methoxy groups -OCH3 is 1. The van der Waals surface area contributed by atoms with Gasteiger partial charge in [-0.15, -0.1) is 0 Å². The average molecular weight is 447 g/mol. The molecule has 0 unspecified atom stereocenters. The molecular weight excluding hydrogens is 427 g/mol. The molecule has 5 nitrogen and oxygen atoms in total. The van der Waals surface area contributed by atoms with Crippen molar-refractivity contribution < 1.29 is 22.7 Å². The van der Waals surface area contributed by atoms with E-state index >= 15 is 0 Å². The van der Waals surface area contributed by atoms with Gasteiger partial charge in [0.25, 0.3) is 0 Å². The number of hydrogen-bond acceptors (Lipinski definition) is 6. The van der Waals surface area contributed by atoms with Gasteiger partial charge in [-0.3, -0.25) is 4.79 Å². The fourth-order valence-corrected chi connectivity index (χ4v) is 3.44. The third-order valence-corrected chi connectivity index (χ3v) is 5.17. The monoisotopic (exact) mass is 447 g/mol. The van der Waals surface area contributed by atoms with Crippen molar-refractivity contribution in [3.05, 3.63) is 65.0 Å². The van der Waals surface area contributed by atoms with E-state index in [-0.39, 0.29) is 24.3 Å². The van der Waals surface area contributed by atoms with Gasteiger partial charge in [0.15, 0.2) is 5.16 Å². The van der Waals surface area contributed by atoms with Crippen LogP contribution in [0.25, 0.3) is 11.3 Å². The fourth-order valence-electron chi connectivity index (χ4n) is 3.08. The van der Waals surface area contributed by atoms with Crippen molar-refractivity contribution in [2.24, 2.45) is 0 Å². The van der Waals surface area contributed by atoms with Gasteiger partial charge in [0.2, 0.25) is 0 Å². The molecule has 0 saturated heterocycles. The molecule has 0 bridgehead atoms. The molecule has 0 radical (unpaired) electrons. The number of thioether (sulfide) groups is 1. The van der Waals surface area contributed by atoms with Crippen molar-refractivity contribution in [3.63, 3.8) is 0 Å². The molecule has 2 aromatic carbocycles. The van der Waals surface area contributed by atoms with Crippen LogP contribution in [0.2, 0.25) is 0 Å². The molecule has 1 aromatic heterocycles. The number of aromatic nitrogens is 2. The molecular formula is C22H20F3N3O2S. The van der Waals surface area contributed by atoms with E-state index in [1.807, 2.05) is 0 Å². The Labute approximate surface area is 182 Å². The van der Waals surface area contributed by atoms with E-state index < -0.39 is 23.4 Å². The van der Waals surface area contributed by atoms with Crippen LogP contribution in [-0.2, 0) is 16.0 Å². The minimum Gasteiger partial charge on any atom is -0.469 e. The van der Waals surface area contributed by atoms with Crippen LogP contribution in [0, 0.1) is 24.4 Å². The van der Waals surface area contributed by atoms with Gasteiger partial charge in [-0.25, -0.2) is 23.1 Å². The number of rotatable bonds is 7. The minimum absolute atomic E-state index is 0.000150. The predicted octanol–water partition coefficient (Wildman–Crippen LogP) is 5.44. The lowest BCUT2D eigenvalue weighted by molar-refractivity contribution is -0.140. The summed E-state index contributed by atoms with van der Waals surface area (Å²) >= 11 is 1.24. The fraction of sp³-hybridized carbons (Fsp3) is 0.227. The molecule has 1 N–H and O–H groups in total. The van der Waals surface area contributed by atoms with E-state index in [1.165, 1.54) is 37.1 Å². The Bertz CT molecular complexity index is 1110. The highest BCUT2D eigenvalue weighted by atomic mass is 32.2. The number of carbonyl (C=O) groups excluding carboxylic acids is 1. The van der Waals surface area contributed by atoms with Crippen LogP contribution in [0.5, 0.6) is 0 Å². The van der Waals surface area contributed by atoms with Crippen molar-refractivity contribution in [3.8, 4) is 11.3 Å². The Morgan fingerprint density at radius 3 is 2.45 bits per heavy atom. The average Bonchev–Trinajstić information content (AvgIpc) is 2.74. The molecule has 0 fully saturated rings. The number of para-hydroxylation sites is 1. The van der Waals surface area contributed by atoms with E-state index in [1.54, 1.807) is 19.2 Å². The number of nitrogens with zero attached hydrogens (tertiary/aromatic N) is 2. The van der Waals surface area contributed by atoms with Crippen LogP contribution < -0.4 is 5.32 Å². The van der Waals surface area contributed by atoms with Crippen molar-refractivity contribution in [2.45, 2.75) is 24.9 Å². The second-order valence-electron chi connectivity index (χ2n) is 6.64. The summed E-state index contributed by atoms with van der Waals surface area (Å²) in [5, 5.41) is 3.07. The summed E-state index contributed by atoms with van der Waals surface area (Å²) in [5.74, 6) is -2.28. The largest absolute Gasteiger partial charge is 0.469 e. The molecule has 3 rings (SSSR count). The molecule has 0 amide bonds. The molecule has 0 atom stereocenters. The number of halogens is 3. The Kier molecular flexibility index (Phi) is 7.17. The zero-order valence-corrected chi connectivity index (χ0v) is 17.9. The second kappa shape index (κ2) is 9.82. The maximum atomic E-state index is 14.3. The highest BCUT2D eigenvalue weighted by Crippen LogP contribution is 2.34. The van der Waals surface area contributed by atoms with Crippen LogP contribution in [0.4, 0.5) is 24.7 Å². The molecule has 0 aliphatic carbocycles. The molecule has 1 heterocycles. The summed E-state index contributed by atoms with van der Waals surface area (Å²) in [5.41, 5.74) is 1.78. The van der Waals surface area contributed by atoms with E-state index in [0.717, 1.165) is 12.1 Å². The maximum absolute atomic E-state index is 14.3. The van der Waals surface area contributed by atoms with Crippen LogP contribution >= 0.6 is 11.8 Å². The van der Waals surface area contributed by atoms with Gasteiger partial charge in [-0.05, 0) is 55.5 Å². The normalized spacial score (nSPS) is 10.8. The summed E-state index contributed by atoms with van der Waals surface area (Å²) in [6, 6.07) is 7.75. The van der Waals surface area contributed by atoms with Crippen LogP contribution in [0.1, 0.15) is 17.5 Å². The van der Waals surface area contributed by atoms with Crippen LogP contribution in [0.3, 0.4) is 0 Å². The van der Waals surface area contributed by atoms with Gasteiger partial charge in [-0.1, -0.05) is 17.8 Å². The zero-order valence-electron chi connectivity index (χ0n) is 17.1. The molecule has 0 spiro atoms. The smallest absolute Gasteiger partial charge is 0.305 e. The Balaban J connectivity index is 2.21. The number of aryl methyl sites for hydroxylation is 1. The lowest BCUT2D eigenvalue weighted by Gasteiger charge is -2.18. The van der Waals surface area contributed by atoms with Gasteiger partial charge in [0.1, 0.15) is 29.0 Å². The molecule has 0 aliphatic heterocycles. The molecule has 3 aromatic rings. The number of anilines is 2. The number of nitrogens with one attached hydrogen (secondary N) is 1. The Morgan fingerprint density at radius 2 is 1.84 bits per heavy atom. The van der Waals surface area contributed by atoms with Crippen LogP contribution in [-0.4, -0.2) is 29.3 Å². The summed E-state index contributed by atoms with van der Waals surface area (Å²) < 4.78 is 47.0. The first-order chi connectivity index (χ1) is 14.8. The molecule has 0 aliphatic rings. The van der Waals surface area contributed by atoms with Crippen molar-refractivity contribution in [1.29, 1.82) is 0 Å². The van der Waals surface area contributed by atoms with Gasteiger partial charge in [0, 0.05) is 17.5 Å². The highest BCUT2D eigenvalue weighted by Gasteiger charge is 2.21. The topological polar surface area (TPSA) is 64.1 Å². The van der Waals surface area contributed by atoms with E-state index in [9.17, 15) is 18.0 Å². The van der Waals surface area contributed by atoms with Gasteiger partial charge < -0.3 is 10.1 Å². The maximum Gasteiger partial charge on any atom is 0.305 e. The molecule has 0 saturated carbocycles. The van der Waals surface area contributed by atoms with Gasteiger partial charge in [0.05, 0.1) is 12.8 Å². The SMILES string of the molecule is COC(=O)CCc1c(Nc2c(F)cccc2F)nc(SC)nc1-c1ccc(F)cc1C. The highest BCUT2D eigenvalue weighted by molar-refractivity contribution is 7.98. The summed E-state index contributed by atoms with van der Waals surface area (Å²) in [7, 11) is 1.27. The van der Waals surface area contributed by atoms with Gasteiger partial charge >= 0.3 is 5.97 Å². The molecule has 9 heteroatoms. The van der Waals surface area contributed by atoms with Crippen LogP contribution in [0.15, 0.2) is 41.6 Å². The summed E-state index contributed by atoms with van der Waals surface area (Å²) in [4.78, 5) is 20.7. The number of benzene rings is 2. The summed E-state index contributed by atoms with van der Waals surface area (Å²) in [6.07, 6.45) is 1.91. The van der Waals surface area contributed by atoms with Crippen molar-refractivity contribution >= 4 is 29.2 Å². The predicted molar refractivity (Wildman–Crippen MR) is 114 cm³/mol. The third-order valence-electron chi connectivity index (χ3n) is 4.63. The molecule has 31 heavy (non-hydrogen) atoms. The number of hydrogen-bond donors (Lipinski definition) is 1. The minimum atomic E-state index is -0.789. The Morgan fingerprint density at radius 1 is 1.13 bits per heavy atom.